The molecule has 1 aromatic heterocycles. The summed E-state index contributed by atoms with van der Waals surface area (Å²) in [5.41, 5.74) is 5.39. The Morgan fingerprint density at radius 2 is 1.84 bits per heavy atom. The molecule has 0 bridgehead atoms. The van der Waals surface area contributed by atoms with Crippen molar-refractivity contribution in [2.45, 2.75) is 38.6 Å². The van der Waals surface area contributed by atoms with Crippen molar-refractivity contribution in [1.29, 1.82) is 0 Å². The first-order chi connectivity index (χ1) is 9.24. The van der Waals surface area contributed by atoms with Crippen molar-refractivity contribution in [2.75, 3.05) is 5.32 Å². The molecular formula is C17H20N2. The minimum absolute atomic E-state index is 0.590. The maximum absolute atomic E-state index is 4.19. The summed E-state index contributed by atoms with van der Waals surface area (Å²) in [6.45, 7) is 4.34. The second kappa shape index (κ2) is 5.04. The largest absolute Gasteiger partial charge is 0.381 e. The van der Waals surface area contributed by atoms with Crippen LogP contribution in [0.25, 0.3) is 0 Å². The monoisotopic (exact) mass is 252 g/mol. The van der Waals surface area contributed by atoms with E-state index in [4.69, 9.17) is 0 Å². The van der Waals surface area contributed by atoms with Crippen molar-refractivity contribution < 1.29 is 0 Å². The number of nitrogens with one attached hydrogen (secondary N) is 1. The molecule has 98 valence electrons. The molecule has 0 atom stereocenters. The number of benzene rings is 1. The lowest BCUT2D eigenvalue weighted by atomic mass is 9.74. The third kappa shape index (κ3) is 2.48. The van der Waals surface area contributed by atoms with Crippen molar-refractivity contribution in [3.8, 4) is 0 Å². The fraction of sp³-hybridized carbons (Fsp3) is 0.353. The fourth-order valence-electron chi connectivity index (χ4n) is 2.87. The maximum atomic E-state index is 4.19. The molecule has 2 heteroatoms. The Hall–Kier alpha value is -1.83. The Kier molecular flexibility index (Phi) is 3.24. The van der Waals surface area contributed by atoms with Gasteiger partial charge in [-0.3, -0.25) is 4.98 Å². The van der Waals surface area contributed by atoms with Gasteiger partial charge in [-0.1, -0.05) is 24.3 Å². The molecule has 1 aromatic carbocycles. The molecule has 2 aromatic rings. The molecule has 1 saturated carbocycles. The molecule has 1 aliphatic carbocycles. The summed E-state index contributed by atoms with van der Waals surface area (Å²) in [5.74, 6) is 0.718. The summed E-state index contributed by atoms with van der Waals surface area (Å²) >= 11 is 0. The highest BCUT2D eigenvalue weighted by Crippen LogP contribution is 2.39. The Morgan fingerprint density at radius 3 is 2.58 bits per heavy atom. The Balaban J connectivity index is 1.62. The first kappa shape index (κ1) is 12.2. The van der Waals surface area contributed by atoms with Gasteiger partial charge in [-0.15, -0.1) is 0 Å². The molecule has 0 unspecified atom stereocenters. The summed E-state index contributed by atoms with van der Waals surface area (Å²) in [6.07, 6.45) is 6.21. The van der Waals surface area contributed by atoms with Crippen LogP contribution in [0, 0.1) is 13.8 Å². The summed E-state index contributed by atoms with van der Waals surface area (Å²) in [6, 6.07) is 11.4. The van der Waals surface area contributed by atoms with E-state index in [9.17, 15) is 0 Å². The van der Waals surface area contributed by atoms with Crippen LogP contribution in [0.3, 0.4) is 0 Å². The molecule has 0 aliphatic heterocycles. The smallest absolute Gasteiger partial charge is 0.0558 e. The summed E-state index contributed by atoms with van der Waals surface area (Å²) in [5, 5.41) is 3.60. The van der Waals surface area contributed by atoms with E-state index in [2.05, 4.69) is 54.5 Å². The van der Waals surface area contributed by atoms with Gasteiger partial charge in [0.15, 0.2) is 0 Å². The van der Waals surface area contributed by atoms with E-state index in [0.29, 0.717) is 6.04 Å². The zero-order valence-electron chi connectivity index (χ0n) is 11.6. The van der Waals surface area contributed by atoms with Gasteiger partial charge < -0.3 is 5.32 Å². The molecule has 2 nitrogen and oxygen atoms in total. The lowest BCUT2D eigenvalue weighted by Crippen LogP contribution is -2.34. The summed E-state index contributed by atoms with van der Waals surface area (Å²) in [7, 11) is 0. The minimum Gasteiger partial charge on any atom is -0.381 e. The number of aryl methyl sites for hydroxylation is 2. The van der Waals surface area contributed by atoms with Crippen LogP contribution in [0.1, 0.15) is 35.4 Å². The summed E-state index contributed by atoms with van der Waals surface area (Å²) < 4.78 is 0. The topological polar surface area (TPSA) is 24.9 Å². The van der Waals surface area contributed by atoms with E-state index in [-0.39, 0.29) is 0 Å². The molecule has 1 aliphatic rings. The lowest BCUT2D eigenvalue weighted by molar-refractivity contribution is 0.373. The van der Waals surface area contributed by atoms with Crippen LogP contribution in [0.5, 0.6) is 0 Å². The predicted molar refractivity (Wildman–Crippen MR) is 79.5 cm³/mol. The van der Waals surface area contributed by atoms with Crippen molar-refractivity contribution in [1.82, 2.24) is 4.98 Å². The number of anilines is 1. The Bertz CT molecular complexity index is 571. The first-order valence-electron chi connectivity index (χ1n) is 6.96. The number of hydrogen-bond donors (Lipinski definition) is 1. The van der Waals surface area contributed by atoms with Crippen molar-refractivity contribution >= 4 is 5.69 Å². The maximum Gasteiger partial charge on any atom is 0.0558 e. The van der Waals surface area contributed by atoms with Crippen LogP contribution < -0.4 is 5.32 Å². The van der Waals surface area contributed by atoms with Crippen LogP contribution in [-0.2, 0) is 0 Å². The molecule has 0 spiro atoms. The minimum atomic E-state index is 0.590. The Labute approximate surface area is 114 Å². The highest BCUT2D eigenvalue weighted by Gasteiger charge is 2.31. The molecular weight excluding hydrogens is 232 g/mol. The van der Waals surface area contributed by atoms with Gasteiger partial charge in [0, 0.05) is 12.2 Å². The molecule has 1 heterocycles. The molecule has 3 rings (SSSR count). The quantitative estimate of drug-likeness (QED) is 0.891. The third-order valence-corrected chi connectivity index (χ3v) is 4.17. The average Bonchev–Trinajstić information content (AvgIpc) is 2.37. The van der Waals surface area contributed by atoms with Gasteiger partial charge in [0.05, 0.1) is 11.9 Å². The number of pyridine rings is 1. The highest BCUT2D eigenvalue weighted by atomic mass is 14.9. The first-order valence-corrected chi connectivity index (χ1v) is 6.96. The Morgan fingerprint density at radius 1 is 1.05 bits per heavy atom. The normalized spacial score (nSPS) is 21.8. The average molecular weight is 252 g/mol. The van der Waals surface area contributed by atoms with Crippen LogP contribution in [0.4, 0.5) is 5.69 Å². The number of nitrogens with zero attached hydrogens (tertiary/aromatic N) is 1. The predicted octanol–water partition coefficient (Wildman–Crippen LogP) is 4.06. The van der Waals surface area contributed by atoms with Crippen molar-refractivity contribution in [3.05, 3.63) is 59.4 Å². The third-order valence-electron chi connectivity index (χ3n) is 4.17. The number of hydrogen-bond acceptors (Lipinski definition) is 2. The van der Waals surface area contributed by atoms with Gasteiger partial charge in [0.2, 0.25) is 0 Å². The van der Waals surface area contributed by atoms with Gasteiger partial charge >= 0.3 is 0 Å². The number of aromatic nitrogens is 1. The van der Waals surface area contributed by atoms with Crippen molar-refractivity contribution in [3.63, 3.8) is 0 Å². The van der Waals surface area contributed by atoms with E-state index in [1.807, 2.05) is 12.4 Å². The fourth-order valence-corrected chi connectivity index (χ4v) is 2.87. The molecule has 0 saturated heterocycles. The van der Waals surface area contributed by atoms with Crippen molar-refractivity contribution in [2.24, 2.45) is 0 Å². The van der Waals surface area contributed by atoms with E-state index in [1.54, 1.807) is 0 Å². The van der Waals surface area contributed by atoms with Gasteiger partial charge in [-0.25, -0.2) is 0 Å². The van der Waals surface area contributed by atoms with Gasteiger partial charge in [0.25, 0.3) is 0 Å². The van der Waals surface area contributed by atoms with Gasteiger partial charge in [-0.2, -0.15) is 0 Å². The van der Waals surface area contributed by atoms with E-state index in [0.717, 1.165) is 5.92 Å². The van der Waals surface area contributed by atoms with Crippen LogP contribution in [0.2, 0.25) is 0 Å². The lowest BCUT2D eigenvalue weighted by Gasteiger charge is -2.37. The van der Waals surface area contributed by atoms with Crippen LogP contribution in [0.15, 0.2) is 42.7 Å². The van der Waals surface area contributed by atoms with Crippen LogP contribution >= 0.6 is 0 Å². The van der Waals surface area contributed by atoms with Gasteiger partial charge in [0.1, 0.15) is 0 Å². The van der Waals surface area contributed by atoms with E-state index < -0.39 is 0 Å². The molecule has 0 amide bonds. The number of rotatable bonds is 3. The molecule has 0 radical (unpaired) electrons. The molecule has 19 heavy (non-hydrogen) atoms. The summed E-state index contributed by atoms with van der Waals surface area (Å²) in [4.78, 5) is 4.19. The second-order valence-electron chi connectivity index (χ2n) is 5.56. The van der Waals surface area contributed by atoms with Gasteiger partial charge in [-0.05, 0) is 55.4 Å². The molecule has 1 N–H and O–H groups in total. The van der Waals surface area contributed by atoms with E-state index in [1.165, 1.54) is 35.2 Å². The van der Waals surface area contributed by atoms with Crippen LogP contribution in [-0.4, -0.2) is 11.0 Å². The second-order valence-corrected chi connectivity index (χ2v) is 5.56. The molecule has 1 fully saturated rings. The zero-order chi connectivity index (χ0) is 13.2. The SMILES string of the molecule is Cc1ccncc1NC1CC(c2ccccc2C)C1. The zero-order valence-corrected chi connectivity index (χ0v) is 11.6. The standard InChI is InChI=1S/C17H20N2/c1-12-5-3-4-6-16(12)14-9-15(10-14)19-17-11-18-8-7-13(17)2/h3-8,11,14-15,19H,9-10H2,1-2H3. The van der Waals surface area contributed by atoms with E-state index >= 15 is 0 Å². The highest BCUT2D eigenvalue weighted by molar-refractivity contribution is 5.49.